The molecule has 86 valence electrons. The molecule has 0 aliphatic heterocycles. The van der Waals surface area contributed by atoms with Crippen LogP contribution in [0.15, 0.2) is 4.47 Å². The van der Waals surface area contributed by atoms with Gasteiger partial charge in [-0.05, 0) is 36.2 Å². The number of aromatic nitrogens is 2. The fourth-order valence-corrected chi connectivity index (χ4v) is 2.39. The summed E-state index contributed by atoms with van der Waals surface area (Å²) in [6, 6.07) is 0. The van der Waals surface area contributed by atoms with Crippen molar-refractivity contribution < 1.29 is 0 Å². The molecule has 0 fully saturated rings. The molecule has 0 saturated heterocycles. The van der Waals surface area contributed by atoms with Gasteiger partial charge in [0.25, 0.3) is 0 Å². The van der Waals surface area contributed by atoms with E-state index in [0.29, 0.717) is 0 Å². The van der Waals surface area contributed by atoms with Crippen LogP contribution >= 0.6 is 27.7 Å². The van der Waals surface area contributed by atoms with Crippen LogP contribution in [0.2, 0.25) is 0 Å². The van der Waals surface area contributed by atoms with Gasteiger partial charge in [-0.25, -0.2) is 0 Å². The summed E-state index contributed by atoms with van der Waals surface area (Å²) in [6.45, 7) is 4.08. The third-order valence-corrected chi connectivity index (χ3v) is 3.98. The molecule has 0 radical (unpaired) electrons. The van der Waals surface area contributed by atoms with Gasteiger partial charge in [-0.1, -0.05) is 0 Å². The van der Waals surface area contributed by atoms with E-state index in [1.165, 1.54) is 11.4 Å². The number of nitrogens with zero attached hydrogens (tertiary/aromatic N) is 3. The van der Waals surface area contributed by atoms with E-state index in [9.17, 15) is 0 Å². The van der Waals surface area contributed by atoms with Gasteiger partial charge in [0, 0.05) is 25.9 Å². The molecule has 0 aliphatic carbocycles. The van der Waals surface area contributed by atoms with Crippen LogP contribution in [0, 0.1) is 6.92 Å². The highest BCUT2D eigenvalue weighted by Crippen LogP contribution is 2.21. The van der Waals surface area contributed by atoms with Crippen molar-refractivity contribution in [3.05, 3.63) is 15.9 Å². The molecule has 0 saturated carbocycles. The van der Waals surface area contributed by atoms with Crippen molar-refractivity contribution in [2.75, 3.05) is 25.6 Å². The number of thioether (sulfide) groups is 1. The fraction of sp³-hybridized carbons (Fsp3) is 0.700. The standard InChI is InChI=1S/C10H18BrN3S/c1-8-10(11)9(14(3)12-8)7-13(2)5-6-15-4/h5-7H2,1-4H3. The van der Waals surface area contributed by atoms with Crippen LogP contribution in [0.4, 0.5) is 0 Å². The third kappa shape index (κ3) is 3.50. The normalized spacial score (nSPS) is 11.3. The molecule has 0 N–H and O–H groups in total. The van der Waals surface area contributed by atoms with Crippen molar-refractivity contribution in [1.29, 1.82) is 0 Å². The molecule has 0 aromatic carbocycles. The molecule has 0 unspecified atom stereocenters. The van der Waals surface area contributed by atoms with Crippen LogP contribution in [0.25, 0.3) is 0 Å². The molecule has 3 nitrogen and oxygen atoms in total. The van der Waals surface area contributed by atoms with E-state index in [1.807, 2.05) is 30.4 Å². The van der Waals surface area contributed by atoms with Crippen molar-refractivity contribution in [1.82, 2.24) is 14.7 Å². The number of rotatable bonds is 5. The Labute approximate surface area is 104 Å². The Morgan fingerprint density at radius 3 is 2.67 bits per heavy atom. The van der Waals surface area contributed by atoms with E-state index in [2.05, 4.69) is 39.2 Å². The second-order valence-electron chi connectivity index (χ2n) is 3.70. The first-order valence-electron chi connectivity index (χ1n) is 4.91. The van der Waals surface area contributed by atoms with E-state index < -0.39 is 0 Å². The first kappa shape index (κ1) is 13.1. The summed E-state index contributed by atoms with van der Waals surface area (Å²) in [7, 11) is 4.14. The number of hydrogen-bond acceptors (Lipinski definition) is 3. The zero-order valence-corrected chi connectivity index (χ0v) is 12.2. The van der Waals surface area contributed by atoms with Crippen molar-refractivity contribution in [3.8, 4) is 0 Å². The molecular weight excluding hydrogens is 274 g/mol. The van der Waals surface area contributed by atoms with Gasteiger partial charge >= 0.3 is 0 Å². The van der Waals surface area contributed by atoms with E-state index in [1.54, 1.807) is 0 Å². The number of aryl methyl sites for hydroxylation is 2. The minimum Gasteiger partial charge on any atom is -0.300 e. The van der Waals surface area contributed by atoms with Gasteiger partial charge in [0.05, 0.1) is 15.9 Å². The van der Waals surface area contributed by atoms with Crippen molar-refractivity contribution in [2.24, 2.45) is 7.05 Å². The lowest BCUT2D eigenvalue weighted by Crippen LogP contribution is -2.22. The van der Waals surface area contributed by atoms with Crippen LogP contribution in [0.1, 0.15) is 11.4 Å². The van der Waals surface area contributed by atoms with Crippen molar-refractivity contribution in [2.45, 2.75) is 13.5 Å². The maximum Gasteiger partial charge on any atom is 0.0739 e. The fourth-order valence-electron chi connectivity index (χ4n) is 1.43. The Balaban J connectivity index is 2.63. The second kappa shape index (κ2) is 5.92. The summed E-state index contributed by atoms with van der Waals surface area (Å²) >= 11 is 5.46. The van der Waals surface area contributed by atoms with Gasteiger partial charge in [0.2, 0.25) is 0 Å². The smallest absolute Gasteiger partial charge is 0.0739 e. The molecule has 5 heteroatoms. The van der Waals surface area contributed by atoms with Crippen molar-refractivity contribution >= 4 is 27.7 Å². The molecule has 0 aliphatic rings. The average molecular weight is 292 g/mol. The van der Waals surface area contributed by atoms with Gasteiger partial charge in [-0.3, -0.25) is 9.58 Å². The first-order chi connectivity index (χ1) is 7.06. The molecule has 1 rings (SSSR count). The Bertz CT molecular complexity index is 325. The van der Waals surface area contributed by atoms with Gasteiger partial charge < -0.3 is 0 Å². The zero-order chi connectivity index (χ0) is 11.4. The maximum atomic E-state index is 4.38. The largest absolute Gasteiger partial charge is 0.300 e. The Morgan fingerprint density at radius 2 is 2.20 bits per heavy atom. The van der Waals surface area contributed by atoms with E-state index in [0.717, 1.165) is 23.3 Å². The molecule has 1 aromatic rings. The van der Waals surface area contributed by atoms with Crippen LogP contribution in [-0.4, -0.2) is 40.3 Å². The predicted octanol–water partition coefficient (Wildman–Crippen LogP) is 2.29. The van der Waals surface area contributed by atoms with Gasteiger partial charge in [-0.2, -0.15) is 16.9 Å². The van der Waals surface area contributed by atoms with E-state index >= 15 is 0 Å². The van der Waals surface area contributed by atoms with Crippen LogP contribution in [0.5, 0.6) is 0 Å². The van der Waals surface area contributed by atoms with E-state index in [-0.39, 0.29) is 0 Å². The Morgan fingerprint density at radius 1 is 1.53 bits per heavy atom. The van der Waals surface area contributed by atoms with Gasteiger partial charge in [0.1, 0.15) is 0 Å². The Hall–Kier alpha value is 0. The molecule has 15 heavy (non-hydrogen) atoms. The predicted molar refractivity (Wildman–Crippen MR) is 70.4 cm³/mol. The summed E-state index contributed by atoms with van der Waals surface area (Å²) in [4.78, 5) is 2.32. The second-order valence-corrected chi connectivity index (χ2v) is 5.48. The molecule has 1 aromatic heterocycles. The molecule has 1 heterocycles. The summed E-state index contributed by atoms with van der Waals surface area (Å²) in [5, 5.41) is 4.38. The maximum absolute atomic E-state index is 4.38. The summed E-state index contributed by atoms with van der Waals surface area (Å²) in [5.41, 5.74) is 2.31. The average Bonchev–Trinajstić information content (AvgIpc) is 2.42. The SMILES string of the molecule is CSCCN(C)Cc1c(Br)c(C)nn1C. The third-order valence-electron chi connectivity index (χ3n) is 2.36. The topological polar surface area (TPSA) is 21.1 Å². The Kier molecular flexibility index (Phi) is 5.15. The molecule has 0 spiro atoms. The summed E-state index contributed by atoms with van der Waals surface area (Å²) in [6.07, 6.45) is 2.14. The lowest BCUT2D eigenvalue weighted by molar-refractivity contribution is 0.337. The first-order valence-corrected chi connectivity index (χ1v) is 7.10. The van der Waals surface area contributed by atoms with E-state index in [4.69, 9.17) is 0 Å². The molecule has 0 atom stereocenters. The van der Waals surface area contributed by atoms with Crippen molar-refractivity contribution in [3.63, 3.8) is 0 Å². The molecular formula is C10H18BrN3S. The highest BCUT2D eigenvalue weighted by molar-refractivity contribution is 9.10. The number of hydrogen-bond donors (Lipinski definition) is 0. The van der Waals surface area contributed by atoms with Gasteiger partial charge in [-0.15, -0.1) is 0 Å². The molecule has 0 bridgehead atoms. The lowest BCUT2D eigenvalue weighted by Gasteiger charge is -2.16. The highest BCUT2D eigenvalue weighted by atomic mass is 79.9. The van der Waals surface area contributed by atoms with Crippen LogP contribution in [-0.2, 0) is 13.6 Å². The molecule has 0 amide bonds. The minimum absolute atomic E-state index is 0.943. The van der Waals surface area contributed by atoms with Gasteiger partial charge in [0.15, 0.2) is 0 Å². The van der Waals surface area contributed by atoms with Crippen LogP contribution < -0.4 is 0 Å². The monoisotopic (exact) mass is 291 g/mol. The summed E-state index contributed by atoms with van der Waals surface area (Å²) < 4.78 is 3.09. The lowest BCUT2D eigenvalue weighted by atomic mass is 10.3. The zero-order valence-electron chi connectivity index (χ0n) is 9.75. The van der Waals surface area contributed by atoms with Crippen LogP contribution in [0.3, 0.4) is 0 Å². The highest BCUT2D eigenvalue weighted by Gasteiger charge is 2.11. The number of halogens is 1. The minimum atomic E-state index is 0.943. The summed E-state index contributed by atoms with van der Waals surface area (Å²) in [5.74, 6) is 1.17. The quantitative estimate of drug-likeness (QED) is 0.831.